The lowest BCUT2D eigenvalue weighted by Crippen LogP contribution is -1.89. The van der Waals surface area contributed by atoms with Gasteiger partial charge in [-0.3, -0.25) is 4.98 Å². The average Bonchev–Trinajstić information content (AvgIpc) is 2.30. The number of nitrogens with one attached hydrogen (secondary N) is 1. The normalized spacial score (nSPS) is 10.0. The summed E-state index contributed by atoms with van der Waals surface area (Å²) in [6.07, 6.45) is 1.82. The number of pyridine rings is 1. The molecule has 1 heterocycles. The molecule has 0 aliphatic carbocycles. The van der Waals surface area contributed by atoms with Gasteiger partial charge in [-0.2, -0.15) is 0 Å². The molecule has 2 rings (SSSR count). The van der Waals surface area contributed by atoms with Crippen LogP contribution in [0.3, 0.4) is 0 Å². The smallest absolute Gasteiger partial charge is 0.0450 e. The molecule has 0 bridgehead atoms. The maximum atomic E-state index is 4.28. The zero-order chi connectivity index (χ0) is 10.7. The summed E-state index contributed by atoms with van der Waals surface area (Å²) in [5, 5.41) is 3.10. The van der Waals surface area contributed by atoms with Crippen molar-refractivity contribution in [2.45, 2.75) is 6.92 Å². The monoisotopic (exact) mass is 198 g/mol. The van der Waals surface area contributed by atoms with Crippen LogP contribution in [0.2, 0.25) is 0 Å². The largest absolute Gasteiger partial charge is 0.388 e. The maximum Gasteiger partial charge on any atom is 0.0450 e. The molecule has 1 aromatic heterocycles. The SMILES string of the molecule is CNc1ccc(-c2cccnc2C)cc1. The minimum atomic E-state index is 1.06. The Morgan fingerprint density at radius 1 is 1.07 bits per heavy atom. The highest BCUT2D eigenvalue weighted by Gasteiger charge is 2.00. The summed E-state index contributed by atoms with van der Waals surface area (Å²) in [6, 6.07) is 12.4. The van der Waals surface area contributed by atoms with Crippen molar-refractivity contribution in [1.82, 2.24) is 4.98 Å². The highest BCUT2D eigenvalue weighted by molar-refractivity contribution is 5.67. The Morgan fingerprint density at radius 3 is 2.40 bits per heavy atom. The van der Waals surface area contributed by atoms with Gasteiger partial charge in [0.1, 0.15) is 0 Å². The number of aromatic nitrogens is 1. The quantitative estimate of drug-likeness (QED) is 0.802. The van der Waals surface area contributed by atoms with Crippen LogP contribution in [0.25, 0.3) is 11.1 Å². The number of aryl methyl sites for hydroxylation is 1. The molecule has 0 fully saturated rings. The van der Waals surface area contributed by atoms with Gasteiger partial charge in [0.15, 0.2) is 0 Å². The molecule has 0 aliphatic rings. The third-order valence-corrected chi connectivity index (χ3v) is 2.49. The molecule has 0 spiro atoms. The minimum Gasteiger partial charge on any atom is -0.388 e. The second-order valence-electron chi connectivity index (χ2n) is 3.46. The molecular weight excluding hydrogens is 184 g/mol. The van der Waals surface area contributed by atoms with Crippen LogP contribution in [-0.2, 0) is 0 Å². The summed E-state index contributed by atoms with van der Waals surface area (Å²) in [5.41, 5.74) is 4.59. The first-order valence-corrected chi connectivity index (χ1v) is 5.01. The summed E-state index contributed by atoms with van der Waals surface area (Å²) >= 11 is 0. The zero-order valence-corrected chi connectivity index (χ0v) is 8.99. The van der Waals surface area contributed by atoms with Gasteiger partial charge in [-0.1, -0.05) is 18.2 Å². The molecular formula is C13H14N2. The molecule has 0 unspecified atom stereocenters. The Balaban J connectivity index is 2.42. The van der Waals surface area contributed by atoms with Crippen molar-refractivity contribution in [2.75, 3.05) is 12.4 Å². The number of anilines is 1. The van der Waals surface area contributed by atoms with Crippen LogP contribution in [0.15, 0.2) is 42.6 Å². The fourth-order valence-electron chi connectivity index (χ4n) is 1.61. The van der Waals surface area contributed by atoms with E-state index in [1.54, 1.807) is 0 Å². The van der Waals surface area contributed by atoms with Crippen LogP contribution >= 0.6 is 0 Å². The lowest BCUT2D eigenvalue weighted by molar-refractivity contribution is 1.20. The first kappa shape index (κ1) is 9.71. The Kier molecular flexibility index (Phi) is 2.68. The minimum absolute atomic E-state index is 1.06. The lowest BCUT2D eigenvalue weighted by Gasteiger charge is -2.06. The van der Waals surface area contributed by atoms with E-state index in [-0.39, 0.29) is 0 Å². The summed E-state index contributed by atoms with van der Waals surface area (Å²) in [5.74, 6) is 0. The highest BCUT2D eigenvalue weighted by atomic mass is 14.8. The van der Waals surface area contributed by atoms with Gasteiger partial charge < -0.3 is 5.32 Å². The molecule has 2 nitrogen and oxygen atoms in total. The van der Waals surface area contributed by atoms with Crippen LogP contribution in [-0.4, -0.2) is 12.0 Å². The molecule has 76 valence electrons. The van der Waals surface area contributed by atoms with Gasteiger partial charge in [0.05, 0.1) is 0 Å². The van der Waals surface area contributed by atoms with Crippen molar-refractivity contribution in [1.29, 1.82) is 0 Å². The molecule has 2 heteroatoms. The number of nitrogens with zero attached hydrogens (tertiary/aromatic N) is 1. The van der Waals surface area contributed by atoms with Gasteiger partial charge in [0.25, 0.3) is 0 Å². The molecule has 1 N–H and O–H groups in total. The fraction of sp³-hybridized carbons (Fsp3) is 0.154. The summed E-state index contributed by atoms with van der Waals surface area (Å²) in [7, 11) is 1.92. The van der Waals surface area contributed by atoms with Gasteiger partial charge in [0.2, 0.25) is 0 Å². The molecule has 0 radical (unpaired) electrons. The van der Waals surface area contributed by atoms with Gasteiger partial charge in [0, 0.05) is 30.2 Å². The van der Waals surface area contributed by atoms with Crippen molar-refractivity contribution < 1.29 is 0 Å². The van der Waals surface area contributed by atoms with Gasteiger partial charge in [-0.05, 0) is 30.7 Å². The van der Waals surface area contributed by atoms with E-state index in [2.05, 4.69) is 40.6 Å². The van der Waals surface area contributed by atoms with Crippen molar-refractivity contribution in [3.63, 3.8) is 0 Å². The van der Waals surface area contributed by atoms with E-state index in [1.807, 2.05) is 26.2 Å². The van der Waals surface area contributed by atoms with Gasteiger partial charge >= 0.3 is 0 Å². The predicted octanol–water partition coefficient (Wildman–Crippen LogP) is 3.10. The van der Waals surface area contributed by atoms with E-state index in [0.29, 0.717) is 0 Å². The van der Waals surface area contributed by atoms with E-state index >= 15 is 0 Å². The number of rotatable bonds is 2. The van der Waals surface area contributed by atoms with E-state index in [4.69, 9.17) is 0 Å². The van der Waals surface area contributed by atoms with Crippen molar-refractivity contribution >= 4 is 5.69 Å². The van der Waals surface area contributed by atoms with E-state index in [0.717, 1.165) is 11.4 Å². The van der Waals surface area contributed by atoms with Crippen molar-refractivity contribution in [3.05, 3.63) is 48.3 Å². The zero-order valence-electron chi connectivity index (χ0n) is 8.99. The third-order valence-electron chi connectivity index (χ3n) is 2.49. The standard InChI is InChI=1S/C13H14N2/c1-10-13(4-3-9-15-10)11-5-7-12(14-2)8-6-11/h3-9,14H,1-2H3. The predicted molar refractivity (Wildman–Crippen MR) is 64.0 cm³/mol. The summed E-state index contributed by atoms with van der Waals surface area (Å²) < 4.78 is 0. The second-order valence-corrected chi connectivity index (χ2v) is 3.46. The molecule has 0 saturated carbocycles. The topological polar surface area (TPSA) is 24.9 Å². The Morgan fingerprint density at radius 2 is 1.80 bits per heavy atom. The summed E-state index contributed by atoms with van der Waals surface area (Å²) in [6.45, 7) is 2.03. The van der Waals surface area contributed by atoms with Crippen LogP contribution in [0.5, 0.6) is 0 Å². The molecule has 15 heavy (non-hydrogen) atoms. The Labute approximate surface area is 90.0 Å². The van der Waals surface area contributed by atoms with Crippen LogP contribution in [0.4, 0.5) is 5.69 Å². The molecule has 0 aliphatic heterocycles. The first-order valence-electron chi connectivity index (χ1n) is 5.01. The first-order chi connectivity index (χ1) is 7.31. The Bertz CT molecular complexity index is 446. The van der Waals surface area contributed by atoms with Crippen LogP contribution in [0, 0.1) is 6.92 Å². The second kappa shape index (κ2) is 4.13. The van der Waals surface area contributed by atoms with Crippen molar-refractivity contribution in [2.24, 2.45) is 0 Å². The van der Waals surface area contributed by atoms with Gasteiger partial charge in [-0.15, -0.1) is 0 Å². The number of hydrogen-bond donors (Lipinski definition) is 1. The van der Waals surface area contributed by atoms with Crippen LogP contribution < -0.4 is 5.32 Å². The molecule has 0 saturated heterocycles. The van der Waals surface area contributed by atoms with Crippen molar-refractivity contribution in [3.8, 4) is 11.1 Å². The molecule has 1 aromatic carbocycles. The molecule has 2 aromatic rings. The maximum absolute atomic E-state index is 4.28. The van der Waals surface area contributed by atoms with Gasteiger partial charge in [-0.25, -0.2) is 0 Å². The third kappa shape index (κ3) is 1.99. The van der Waals surface area contributed by atoms with E-state index in [9.17, 15) is 0 Å². The molecule has 0 atom stereocenters. The molecule has 0 amide bonds. The number of hydrogen-bond acceptors (Lipinski definition) is 2. The Hall–Kier alpha value is -1.83. The highest BCUT2D eigenvalue weighted by Crippen LogP contribution is 2.22. The lowest BCUT2D eigenvalue weighted by atomic mass is 10.0. The van der Waals surface area contributed by atoms with E-state index < -0.39 is 0 Å². The fourth-order valence-corrected chi connectivity index (χ4v) is 1.61. The van der Waals surface area contributed by atoms with E-state index in [1.165, 1.54) is 11.1 Å². The average molecular weight is 198 g/mol. The number of benzene rings is 1. The van der Waals surface area contributed by atoms with Crippen LogP contribution in [0.1, 0.15) is 5.69 Å². The summed E-state index contributed by atoms with van der Waals surface area (Å²) in [4.78, 5) is 4.28.